The lowest BCUT2D eigenvalue weighted by atomic mass is 9.84. The van der Waals surface area contributed by atoms with Crippen LogP contribution in [0, 0.1) is 5.92 Å². The Kier molecular flexibility index (Phi) is 5.58. The van der Waals surface area contributed by atoms with Gasteiger partial charge in [-0.2, -0.15) is 0 Å². The molecule has 1 spiro atoms. The average molecular weight is 399 g/mol. The Morgan fingerprint density at radius 2 is 1.90 bits per heavy atom. The van der Waals surface area contributed by atoms with Gasteiger partial charge in [0.1, 0.15) is 5.54 Å². The number of carbonyl (C=O) groups is 3. The van der Waals surface area contributed by atoms with Crippen LogP contribution in [-0.4, -0.2) is 70.9 Å². The summed E-state index contributed by atoms with van der Waals surface area (Å²) in [5.41, 5.74) is 0.159. The third-order valence-corrected chi connectivity index (χ3v) is 6.53. The molecular weight excluding hydrogens is 370 g/mol. The molecule has 3 fully saturated rings. The van der Waals surface area contributed by atoms with Crippen LogP contribution in [0.1, 0.15) is 38.2 Å². The molecule has 0 bridgehead atoms. The van der Waals surface area contributed by atoms with Crippen LogP contribution in [0.4, 0.5) is 4.79 Å². The number of hydrogen-bond donors (Lipinski definition) is 0. The Morgan fingerprint density at radius 1 is 1.17 bits per heavy atom. The maximum atomic E-state index is 13.2. The van der Waals surface area contributed by atoms with E-state index < -0.39 is 5.54 Å². The summed E-state index contributed by atoms with van der Waals surface area (Å²) < 4.78 is 5.47. The number of carbonyl (C=O) groups excluding carboxylic acids is 3. The summed E-state index contributed by atoms with van der Waals surface area (Å²) in [5.74, 6) is -0.0708. The highest BCUT2D eigenvalue weighted by molar-refractivity contribution is 6.07. The number of likely N-dealkylation sites (N-methyl/N-ethyl adjacent to an activating group) is 1. The van der Waals surface area contributed by atoms with Crippen molar-refractivity contribution in [3.8, 4) is 0 Å². The summed E-state index contributed by atoms with van der Waals surface area (Å²) in [6.07, 6.45) is 2.75. The van der Waals surface area contributed by atoms with Gasteiger partial charge in [0, 0.05) is 32.8 Å². The molecule has 7 nitrogen and oxygen atoms in total. The first kappa shape index (κ1) is 19.9. The highest BCUT2D eigenvalue weighted by Crippen LogP contribution is 2.38. The van der Waals surface area contributed by atoms with E-state index in [9.17, 15) is 14.4 Å². The number of benzene rings is 1. The van der Waals surface area contributed by atoms with Crippen LogP contribution in [0.15, 0.2) is 30.3 Å². The molecule has 1 unspecified atom stereocenters. The molecule has 0 aliphatic carbocycles. The molecule has 0 N–H and O–H groups in total. The van der Waals surface area contributed by atoms with Crippen LogP contribution in [0.3, 0.4) is 0 Å². The predicted octanol–water partition coefficient (Wildman–Crippen LogP) is 2.26. The molecule has 1 atom stereocenters. The van der Waals surface area contributed by atoms with E-state index in [-0.39, 0.29) is 23.8 Å². The third-order valence-electron chi connectivity index (χ3n) is 6.53. The minimum absolute atomic E-state index is 0.0775. The Hall–Kier alpha value is -2.41. The molecule has 3 aliphatic rings. The van der Waals surface area contributed by atoms with Crippen LogP contribution in [-0.2, 0) is 20.9 Å². The van der Waals surface area contributed by atoms with E-state index in [4.69, 9.17) is 4.74 Å². The third kappa shape index (κ3) is 3.52. The van der Waals surface area contributed by atoms with Crippen LogP contribution in [0.2, 0.25) is 0 Å². The van der Waals surface area contributed by atoms with Crippen molar-refractivity contribution in [1.29, 1.82) is 0 Å². The van der Waals surface area contributed by atoms with Gasteiger partial charge in [-0.25, -0.2) is 4.79 Å². The number of hydrogen-bond acceptors (Lipinski definition) is 4. The molecule has 7 heteroatoms. The highest BCUT2D eigenvalue weighted by atomic mass is 16.5. The van der Waals surface area contributed by atoms with Crippen LogP contribution in [0.25, 0.3) is 0 Å². The number of ether oxygens (including phenoxy) is 1. The summed E-state index contributed by atoms with van der Waals surface area (Å²) in [4.78, 5) is 44.1. The molecule has 1 aromatic carbocycles. The van der Waals surface area contributed by atoms with Crippen molar-refractivity contribution < 1.29 is 19.1 Å². The van der Waals surface area contributed by atoms with Gasteiger partial charge in [-0.15, -0.1) is 0 Å². The lowest BCUT2D eigenvalue weighted by Gasteiger charge is -2.43. The molecule has 0 aromatic heterocycles. The number of urea groups is 1. The fourth-order valence-electron chi connectivity index (χ4n) is 4.82. The first-order valence-electron chi connectivity index (χ1n) is 10.6. The lowest BCUT2D eigenvalue weighted by Crippen LogP contribution is -2.58. The van der Waals surface area contributed by atoms with Crippen molar-refractivity contribution in [2.45, 2.75) is 44.7 Å². The van der Waals surface area contributed by atoms with E-state index in [1.807, 2.05) is 42.2 Å². The number of imide groups is 1. The second kappa shape index (κ2) is 8.14. The van der Waals surface area contributed by atoms with Crippen LogP contribution < -0.4 is 0 Å². The first-order chi connectivity index (χ1) is 14.1. The number of likely N-dealkylation sites (tertiary alicyclic amines) is 1. The van der Waals surface area contributed by atoms with Crippen LogP contribution >= 0.6 is 0 Å². The molecule has 29 heavy (non-hydrogen) atoms. The standard InChI is InChI=1S/C22H29N3O4/c1-2-24-20(27)22(25(21(24)28)15-17-7-4-3-5-8-17)10-12-23(13-11-22)19(26)18-9-6-14-29-16-18/h3-5,7-8,18H,2,6,9-16H2,1H3. The second-order valence-electron chi connectivity index (χ2n) is 8.17. The zero-order chi connectivity index (χ0) is 20.4. The van der Waals surface area contributed by atoms with Gasteiger partial charge in [0.2, 0.25) is 5.91 Å². The smallest absolute Gasteiger partial charge is 0.327 e. The van der Waals surface area contributed by atoms with Gasteiger partial charge in [0.25, 0.3) is 5.91 Å². The summed E-state index contributed by atoms with van der Waals surface area (Å²) in [6.45, 7) is 4.82. The van der Waals surface area contributed by atoms with Crippen molar-refractivity contribution in [2.75, 3.05) is 32.8 Å². The van der Waals surface area contributed by atoms with Gasteiger partial charge in [0.15, 0.2) is 0 Å². The molecule has 4 rings (SSSR count). The SMILES string of the molecule is CCN1C(=O)N(Cc2ccccc2)C2(CCN(C(=O)C3CCCOC3)CC2)C1=O. The van der Waals surface area contributed by atoms with Crippen molar-refractivity contribution in [3.63, 3.8) is 0 Å². The monoisotopic (exact) mass is 399 g/mol. The Balaban J connectivity index is 1.52. The number of amides is 4. The second-order valence-corrected chi connectivity index (χ2v) is 8.17. The summed E-state index contributed by atoms with van der Waals surface area (Å²) in [5, 5.41) is 0. The summed E-state index contributed by atoms with van der Waals surface area (Å²) in [7, 11) is 0. The molecule has 3 aliphatic heterocycles. The molecule has 0 saturated carbocycles. The van der Waals surface area contributed by atoms with Crippen molar-refractivity contribution >= 4 is 17.8 Å². The van der Waals surface area contributed by atoms with Gasteiger partial charge >= 0.3 is 6.03 Å². The molecule has 156 valence electrons. The first-order valence-corrected chi connectivity index (χ1v) is 10.6. The molecule has 0 radical (unpaired) electrons. The molecule has 1 aromatic rings. The summed E-state index contributed by atoms with van der Waals surface area (Å²) >= 11 is 0. The van der Waals surface area contributed by atoms with Crippen LogP contribution in [0.5, 0.6) is 0 Å². The fourth-order valence-corrected chi connectivity index (χ4v) is 4.82. The van der Waals surface area contributed by atoms with E-state index in [0.29, 0.717) is 45.6 Å². The minimum atomic E-state index is -0.844. The normalized spacial score (nSPS) is 24.4. The zero-order valence-corrected chi connectivity index (χ0v) is 17.0. The van der Waals surface area contributed by atoms with E-state index in [1.54, 1.807) is 4.90 Å². The molecule has 3 heterocycles. The lowest BCUT2D eigenvalue weighted by molar-refractivity contribution is -0.146. The van der Waals surface area contributed by atoms with Crippen molar-refractivity contribution in [2.24, 2.45) is 5.92 Å². The Bertz CT molecular complexity index is 768. The highest BCUT2D eigenvalue weighted by Gasteiger charge is 2.57. The van der Waals surface area contributed by atoms with Gasteiger partial charge in [0.05, 0.1) is 12.5 Å². The van der Waals surface area contributed by atoms with E-state index in [2.05, 4.69) is 0 Å². The van der Waals surface area contributed by atoms with Gasteiger partial charge < -0.3 is 14.5 Å². The number of rotatable bonds is 4. The van der Waals surface area contributed by atoms with Gasteiger partial charge in [-0.05, 0) is 38.2 Å². The number of nitrogens with zero attached hydrogens (tertiary/aromatic N) is 3. The van der Waals surface area contributed by atoms with E-state index in [0.717, 1.165) is 25.0 Å². The predicted molar refractivity (Wildman–Crippen MR) is 107 cm³/mol. The maximum Gasteiger partial charge on any atom is 0.327 e. The Morgan fingerprint density at radius 3 is 2.52 bits per heavy atom. The quantitative estimate of drug-likeness (QED) is 0.729. The average Bonchev–Trinajstić information content (AvgIpc) is 2.96. The fraction of sp³-hybridized carbons (Fsp3) is 0.591. The largest absolute Gasteiger partial charge is 0.381 e. The maximum absolute atomic E-state index is 13.2. The molecule has 4 amide bonds. The van der Waals surface area contributed by atoms with Gasteiger partial charge in [-0.3, -0.25) is 14.5 Å². The molecule has 3 saturated heterocycles. The van der Waals surface area contributed by atoms with Crippen molar-refractivity contribution in [1.82, 2.24) is 14.7 Å². The molecular formula is C22H29N3O4. The van der Waals surface area contributed by atoms with E-state index in [1.165, 1.54) is 4.90 Å². The zero-order valence-electron chi connectivity index (χ0n) is 17.0. The number of piperidine rings is 1. The van der Waals surface area contributed by atoms with E-state index >= 15 is 0 Å². The topological polar surface area (TPSA) is 70.2 Å². The van der Waals surface area contributed by atoms with Gasteiger partial charge in [-0.1, -0.05) is 30.3 Å². The summed E-state index contributed by atoms with van der Waals surface area (Å²) in [6, 6.07) is 9.55. The minimum Gasteiger partial charge on any atom is -0.381 e. The Labute approximate surface area is 171 Å². The van der Waals surface area contributed by atoms with Crippen molar-refractivity contribution in [3.05, 3.63) is 35.9 Å².